The van der Waals surface area contributed by atoms with Gasteiger partial charge in [0.25, 0.3) is 0 Å². The lowest BCUT2D eigenvalue weighted by Gasteiger charge is -2.28. The van der Waals surface area contributed by atoms with Crippen molar-refractivity contribution in [3.8, 4) is 0 Å². The molecule has 1 aromatic rings. The quantitative estimate of drug-likeness (QED) is 0.901. The molecule has 1 fully saturated rings. The normalized spacial score (nSPS) is 16.7. The fourth-order valence-electron chi connectivity index (χ4n) is 2.66. The molecule has 0 radical (unpaired) electrons. The molecular weight excluding hydrogens is 297 g/mol. The molecule has 100 valence electrons. The molecule has 1 aliphatic rings. The van der Waals surface area contributed by atoms with E-state index in [0.717, 1.165) is 16.6 Å². The third-order valence-electron chi connectivity index (χ3n) is 3.62. The summed E-state index contributed by atoms with van der Waals surface area (Å²) in [5.41, 5.74) is 1.08. The standard InChI is InChI=1S/C14H19BrFNO/c15-14-9-12(16)6-5-11(14)10-17(7-8-18)13-3-1-2-4-13/h5-6,9,13,18H,1-4,7-8,10H2. The highest BCUT2D eigenvalue weighted by Crippen LogP contribution is 2.26. The number of benzene rings is 1. The van der Waals surface area contributed by atoms with Gasteiger partial charge in [0.15, 0.2) is 0 Å². The molecular formula is C14H19BrFNO. The first-order chi connectivity index (χ1) is 8.70. The molecule has 0 unspecified atom stereocenters. The van der Waals surface area contributed by atoms with E-state index in [9.17, 15) is 9.50 Å². The molecule has 0 spiro atoms. The largest absolute Gasteiger partial charge is 0.395 e. The summed E-state index contributed by atoms with van der Waals surface area (Å²) in [6.45, 7) is 1.63. The van der Waals surface area contributed by atoms with E-state index >= 15 is 0 Å². The maximum absolute atomic E-state index is 13.1. The first-order valence-electron chi connectivity index (χ1n) is 6.49. The lowest BCUT2D eigenvalue weighted by Crippen LogP contribution is -2.35. The number of aliphatic hydroxyl groups is 1. The molecule has 0 atom stereocenters. The van der Waals surface area contributed by atoms with E-state index in [2.05, 4.69) is 20.8 Å². The van der Waals surface area contributed by atoms with Gasteiger partial charge in [-0.15, -0.1) is 0 Å². The van der Waals surface area contributed by atoms with Gasteiger partial charge in [-0.3, -0.25) is 4.90 Å². The van der Waals surface area contributed by atoms with Crippen LogP contribution in [0.2, 0.25) is 0 Å². The van der Waals surface area contributed by atoms with Crippen LogP contribution in [0.25, 0.3) is 0 Å². The van der Waals surface area contributed by atoms with E-state index in [1.54, 1.807) is 0 Å². The molecule has 0 saturated heterocycles. The van der Waals surface area contributed by atoms with Crippen LogP contribution in [0, 0.1) is 5.82 Å². The number of hydrogen-bond acceptors (Lipinski definition) is 2. The SMILES string of the molecule is OCCN(Cc1ccc(F)cc1Br)C1CCCC1. The number of hydrogen-bond donors (Lipinski definition) is 1. The summed E-state index contributed by atoms with van der Waals surface area (Å²) in [6, 6.07) is 5.38. The van der Waals surface area contributed by atoms with Gasteiger partial charge in [0.05, 0.1) is 6.61 Å². The fourth-order valence-corrected chi connectivity index (χ4v) is 3.13. The molecule has 2 rings (SSSR count). The highest BCUT2D eigenvalue weighted by molar-refractivity contribution is 9.10. The average Bonchev–Trinajstić information content (AvgIpc) is 2.85. The molecule has 2 nitrogen and oxygen atoms in total. The lowest BCUT2D eigenvalue weighted by molar-refractivity contribution is 0.144. The fraction of sp³-hybridized carbons (Fsp3) is 0.571. The molecule has 0 amide bonds. The Hall–Kier alpha value is -0.450. The summed E-state index contributed by atoms with van der Waals surface area (Å²) in [5, 5.41) is 9.18. The molecule has 1 saturated carbocycles. The van der Waals surface area contributed by atoms with E-state index < -0.39 is 0 Å². The first-order valence-corrected chi connectivity index (χ1v) is 7.29. The summed E-state index contributed by atoms with van der Waals surface area (Å²) in [7, 11) is 0. The van der Waals surface area contributed by atoms with Crippen molar-refractivity contribution in [2.75, 3.05) is 13.2 Å². The number of halogens is 2. The Morgan fingerprint density at radius 1 is 1.33 bits per heavy atom. The number of nitrogens with zero attached hydrogens (tertiary/aromatic N) is 1. The lowest BCUT2D eigenvalue weighted by atomic mass is 10.1. The summed E-state index contributed by atoms with van der Waals surface area (Å²) in [4.78, 5) is 2.31. The average molecular weight is 316 g/mol. The van der Waals surface area contributed by atoms with Crippen LogP contribution in [0.5, 0.6) is 0 Å². The highest BCUT2D eigenvalue weighted by atomic mass is 79.9. The molecule has 0 heterocycles. The summed E-state index contributed by atoms with van der Waals surface area (Å²) in [6.07, 6.45) is 4.96. The van der Waals surface area contributed by atoms with Crippen molar-refractivity contribution < 1.29 is 9.50 Å². The van der Waals surface area contributed by atoms with Crippen molar-refractivity contribution in [1.29, 1.82) is 0 Å². The van der Waals surface area contributed by atoms with Gasteiger partial charge in [-0.2, -0.15) is 0 Å². The Labute approximate surface area is 116 Å². The second-order valence-electron chi connectivity index (χ2n) is 4.87. The molecule has 4 heteroatoms. The Kier molecular flexibility index (Phi) is 5.15. The maximum Gasteiger partial charge on any atom is 0.124 e. The van der Waals surface area contributed by atoms with E-state index in [1.807, 2.05) is 6.07 Å². The van der Waals surface area contributed by atoms with Gasteiger partial charge in [0, 0.05) is 23.6 Å². The minimum absolute atomic E-state index is 0.176. The molecule has 0 aromatic heterocycles. The Morgan fingerprint density at radius 3 is 2.67 bits per heavy atom. The highest BCUT2D eigenvalue weighted by Gasteiger charge is 2.22. The van der Waals surface area contributed by atoms with E-state index in [-0.39, 0.29) is 12.4 Å². The molecule has 1 aliphatic carbocycles. The van der Waals surface area contributed by atoms with Gasteiger partial charge in [-0.05, 0) is 30.5 Å². The smallest absolute Gasteiger partial charge is 0.124 e. The predicted octanol–water partition coefficient (Wildman–Crippen LogP) is 3.33. The second-order valence-corrected chi connectivity index (χ2v) is 5.72. The Bertz CT molecular complexity index is 393. The van der Waals surface area contributed by atoms with Gasteiger partial charge >= 0.3 is 0 Å². The molecule has 0 aliphatic heterocycles. The summed E-state index contributed by atoms with van der Waals surface area (Å²) >= 11 is 3.41. The Morgan fingerprint density at radius 2 is 2.06 bits per heavy atom. The maximum atomic E-state index is 13.1. The monoisotopic (exact) mass is 315 g/mol. The van der Waals surface area contributed by atoms with Crippen molar-refractivity contribution in [2.45, 2.75) is 38.3 Å². The molecule has 1 N–H and O–H groups in total. The molecule has 18 heavy (non-hydrogen) atoms. The molecule has 0 bridgehead atoms. The third-order valence-corrected chi connectivity index (χ3v) is 4.36. The Balaban J connectivity index is 2.07. The van der Waals surface area contributed by atoms with Gasteiger partial charge in [-0.1, -0.05) is 34.8 Å². The van der Waals surface area contributed by atoms with Gasteiger partial charge in [-0.25, -0.2) is 4.39 Å². The van der Waals surface area contributed by atoms with Crippen molar-refractivity contribution in [3.63, 3.8) is 0 Å². The van der Waals surface area contributed by atoms with Crippen LogP contribution < -0.4 is 0 Å². The van der Waals surface area contributed by atoms with Crippen molar-refractivity contribution in [2.24, 2.45) is 0 Å². The van der Waals surface area contributed by atoms with Crippen LogP contribution in [0.4, 0.5) is 4.39 Å². The zero-order valence-corrected chi connectivity index (χ0v) is 12.0. The predicted molar refractivity (Wildman–Crippen MR) is 73.9 cm³/mol. The second kappa shape index (κ2) is 6.64. The van der Waals surface area contributed by atoms with E-state index in [0.29, 0.717) is 12.6 Å². The first kappa shape index (κ1) is 14.0. The number of rotatable bonds is 5. The third kappa shape index (κ3) is 3.53. The minimum atomic E-state index is -0.222. The minimum Gasteiger partial charge on any atom is -0.395 e. The van der Waals surface area contributed by atoms with Crippen LogP contribution >= 0.6 is 15.9 Å². The van der Waals surface area contributed by atoms with Crippen LogP contribution in [-0.2, 0) is 6.54 Å². The van der Waals surface area contributed by atoms with Crippen LogP contribution in [0.1, 0.15) is 31.2 Å². The van der Waals surface area contributed by atoms with Crippen molar-refractivity contribution >= 4 is 15.9 Å². The van der Waals surface area contributed by atoms with Gasteiger partial charge in [0.2, 0.25) is 0 Å². The zero-order chi connectivity index (χ0) is 13.0. The van der Waals surface area contributed by atoms with Crippen molar-refractivity contribution in [1.82, 2.24) is 4.90 Å². The van der Waals surface area contributed by atoms with Crippen LogP contribution in [-0.4, -0.2) is 29.2 Å². The summed E-state index contributed by atoms with van der Waals surface area (Å²) < 4.78 is 13.9. The summed E-state index contributed by atoms with van der Waals surface area (Å²) in [5.74, 6) is -0.222. The van der Waals surface area contributed by atoms with Crippen molar-refractivity contribution in [3.05, 3.63) is 34.1 Å². The topological polar surface area (TPSA) is 23.5 Å². The molecule has 1 aromatic carbocycles. The zero-order valence-electron chi connectivity index (χ0n) is 10.4. The van der Waals surface area contributed by atoms with Gasteiger partial charge in [0.1, 0.15) is 5.82 Å². The van der Waals surface area contributed by atoms with Gasteiger partial charge < -0.3 is 5.11 Å². The number of aliphatic hydroxyl groups excluding tert-OH is 1. The van der Waals surface area contributed by atoms with E-state index in [1.165, 1.54) is 37.8 Å². The van der Waals surface area contributed by atoms with E-state index in [4.69, 9.17) is 0 Å². The van der Waals surface area contributed by atoms with Crippen LogP contribution in [0.3, 0.4) is 0 Å². The van der Waals surface area contributed by atoms with Crippen LogP contribution in [0.15, 0.2) is 22.7 Å².